The Balaban J connectivity index is 1.48. The quantitative estimate of drug-likeness (QED) is 0.418. The highest BCUT2D eigenvalue weighted by Gasteiger charge is 2.62. The van der Waals surface area contributed by atoms with Gasteiger partial charge in [-0.1, -0.05) is 54.8 Å². The molecule has 0 spiro atoms. The maximum atomic E-state index is 13.9. The van der Waals surface area contributed by atoms with Gasteiger partial charge in [-0.15, -0.1) is 0 Å². The van der Waals surface area contributed by atoms with Gasteiger partial charge >= 0.3 is 6.18 Å². The number of anilines is 1. The number of piperidine rings is 1. The van der Waals surface area contributed by atoms with Crippen LogP contribution in [0.5, 0.6) is 0 Å². The third-order valence-electron chi connectivity index (χ3n) is 7.08. The minimum atomic E-state index is -5.13. The first kappa shape index (κ1) is 29.8. The van der Waals surface area contributed by atoms with Crippen LogP contribution < -0.4 is 5.32 Å². The summed E-state index contributed by atoms with van der Waals surface area (Å²) >= 11 is 6.29. The van der Waals surface area contributed by atoms with Crippen LogP contribution in [0.3, 0.4) is 0 Å². The van der Waals surface area contributed by atoms with E-state index >= 15 is 0 Å². The molecule has 1 saturated heterocycles. The lowest BCUT2D eigenvalue weighted by atomic mass is 9.87. The predicted octanol–water partition coefficient (Wildman–Crippen LogP) is 5.70. The van der Waals surface area contributed by atoms with Crippen molar-refractivity contribution in [1.29, 1.82) is 0 Å². The molecule has 208 valence electrons. The van der Waals surface area contributed by atoms with Crippen LogP contribution in [0.15, 0.2) is 48.5 Å². The summed E-state index contributed by atoms with van der Waals surface area (Å²) in [5.41, 5.74) is -2.76. The van der Waals surface area contributed by atoms with Gasteiger partial charge in [-0.3, -0.25) is 9.59 Å². The first-order valence-corrected chi connectivity index (χ1v) is 13.1. The largest absolute Gasteiger partial charge is 0.430 e. The smallest absolute Gasteiger partial charge is 0.383 e. The highest BCUT2D eigenvalue weighted by Crippen LogP contribution is 2.41. The van der Waals surface area contributed by atoms with E-state index in [9.17, 15) is 27.9 Å². The van der Waals surface area contributed by atoms with Gasteiger partial charge in [0.25, 0.3) is 17.4 Å². The average Bonchev–Trinajstić information content (AvgIpc) is 2.87. The molecule has 2 atom stereocenters. The summed E-state index contributed by atoms with van der Waals surface area (Å²) in [5.74, 6) is -1.18. The molecule has 3 rings (SSSR count). The molecule has 1 heterocycles. The molecule has 2 aromatic carbocycles. The van der Waals surface area contributed by atoms with E-state index in [2.05, 4.69) is 12.2 Å². The Morgan fingerprint density at radius 1 is 1.13 bits per heavy atom. The Morgan fingerprint density at radius 2 is 1.76 bits per heavy atom. The first-order chi connectivity index (χ1) is 17.8. The zero-order chi connectivity index (χ0) is 28.1. The maximum Gasteiger partial charge on any atom is 0.430 e. The second-order valence-corrected chi connectivity index (χ2v) is 10.6. The minimum Gasteiger partial charge on any atom is -0.383 e. The van der Waals surface area contributed by atoms with Crippen molar-refractivity contribution in [3.63, 3.8) is 0 Å². The number of rotatable bonds is 9. The lowest BCUT2D eigenvalue weighted by Crippen LogP contribution is -2.57. The third kappa shape index (κ3) is 6.80. The lowest BCUT2D eigenvalue weighted by Gasteiger charge is -2.38. The van der Waals surface area contributed by atoms with Gasteiger partial charge in [0.15, 0.2) is 0 Å². The molecule has 38 heavy (non-hydrogen) atoms. The number of nitrogens with one attached hydrogen (secondary N) is 1. The predicted molar refractivity (Wildman–Crippen MR) is 142 cm³/mol. The van der Waals surface area contributed by atoms with E-state index < -0.39 is 23.2 Å². The fourth-order valence-electron chi connectivity index (χ4n) is 4.83. The molecule has 10 heteroatoms. The van der Waals surface area contributed by atoms with E-state index in [-0.39, 0.29) is 25.0 Å². The molecule has 0 radical (unpaired) electrons. The van der Waals surface area contributed by atoms with E-state index in [0.29, 0.717) is 29.3 Å². The Hall–Kier alpha value is -2.78. The van der Waals surface area contributed by atoms with Crippen molar-refractivity contribution in [2.45, 2.75) is 56.8 Å². The van der Waals surface area contributed by atoms with Crippen LogP contribution >= 0.6 is 11.6 Å². The van der Waals surface area contributed by atoms with Crippen molar-refractivity contribution in [1.82, 2.24) is 9.80 Å². The summed E-state index contributed by atoms with van der Waals surface area (Å²) in [7, 11) is 3.34. The number of hydrogen-bond acceptors (Lipinski definition) is 4. The molecule has 6 nitrogen and oxygen atoms in total. The number of benzene rings is 2. The average molecular weight is 554 g/mol. The van der Waals surface area contributed by atoms with Crippen molar-refractivity contribution in [2.75, 3.05) is 32.5 Å². The first-order valence-electron chi connectivity index (χ1n) is 12.8. The second kappa shape index (κ2) is 12.4. The van der Waals surface area contributed by atoms with Crippen LogP contribution in [-0.2, 0) is 10.4 Å². The molecule has 2 aromatic rings. The number of carbonyl (C=O) groups is 2. The topological polar surface area (TPSA) is 72.9 Å². The molecule has 2 amide bonds. The van der Waals surface area contributed by atoms with E-state index in [1.807, 2.05) is 6.07 Å². The molecule has 2 N–H and O–H groups in total. The molecule has 0 bridgehead atoms. The van der Waals surface area contributed by atoms with Crippen LogP contribution in [0.1, 0.15) is 54.9 Å². The summed E-state index contributed by atoms with van der Waals surface area (Å²) in [6.07, 6.45) is -1.27. The molecule has 0 aromatic heterocycles. The standard InChI is InChI=1S/C28H35ClF3N3O3/c1-19(33-22-12-13-23(24(29)18-22)25(36)34(2)3)8-7-9-20-14-16-35(17-15-20)26(37)27(38,28(30,31)32)21-10-5-4-6-11-21/h4-6,10-13,18-20,33,38H,7-9,14-17H2,1-3H3/t19-,27?/m1/s1. The van der Waals surface area contributed by atoms with E-state index in [1.165, 1.54) is 23.1 Å². The molecule has 0 saturated carbocycles. The van der Waals surface area contributed by atoms with E-state index in [4.69, 9.17) is 11.6 Å². The van der Waals surface area contributed by atoms with Crippen LogP contribution in [0.4, 0.5) is 18.9 Å². The highest BCUT2D eigenvalue weighted by molar-refractivity contribution is 6.34. The summed E-state index contributed by atoms with van der Waals surface area (Å²) in [4.78, 5) is 27.6. The molecule has 1 aliphatic rings. The summed E-state index contributed by atoms with van der Waals surface area (Å²) < 4.78 is 41.6. The number of hydrogen-bond donors (Lipinski definition) is 2. The number of halogens is 4. The van der Waals surface area contributed by atoms with Gasteiger partial charge in [0.2, 0.25) is 0 Å². The van der Waals surface area contributed by atoms with Gasteiger partial charge in [0, 0.05) is 44.5 Å². The van der Waals surface area contributed by atoms with E-state index in [1.54, 1.807) is 26.2 Å². The fraction of sp³-hybridized carbons (Fsp3) is 0.500. The zero-order valence-corrected chi connectivity index (χ0v) is 22.6. The zero-order valence-electron chi connectivity index (χ0n) is 21.9. The summed E-state index contributed by atoms with van der Waals surface area (Å²) in [6.45, 7) is 2.41. The highest BCUT2D eigenvalue weighted by atomic mass is 35.5. The van der Waals surface area contributed by atoms with Crippen LogP contribution in [-0.4, -0.2) is 66.1 Å². The van der Waals surface area contributed by atoms with Gasteiger partial charge in [-0.2, -0.15) is 13.2 Å². The van der Waals surface area contributed by atoms with Gasteiger partial charge in [-0.25, -0.2) is 0 Å². The molecule has 1 fully saturated rings. The van der Waals surface area contributed by atoms with Gasteiger partial charge in [0.05, 0.1) is 10.6 Å². The number of likely N-dealkylation sites (tertiary alicyclic amines) is 1. The number of aliphatic hydroxyl groups is 1. The van der Waals surface area contributed by atoms with Crippen LogP contribution in [0, 0.1) is 5.92 Å². The number of carbonyl (C=O) groups excluding carboxylic acids is 2. The lowest BCUT2D eigenvalue weighted by molar-refractivity contribution is -0.262. The maximum absolute atomic E-state index is 13.9. The number of alkyl halides is 3. The van der Waals surface area contributed by atoms with Crippen molar-refractivity contribution >= 4 is 29.1 Å². The molecular formula is C28H35ClF3N3O3. The fourth-order valence-corrected chi connectivity index (χ4v) is 5.09. The van der Waals surface area contributed by atoms with Crippen molar-refractivity contribution < 1.29 is 27.9 Å². The van der Waals surface area contributed by atoms with Crippen LogP contribution in [0.25, 0.3) is 0 Å². The molecule has 1 aliphatic heterocycles. The molecule has 1 unspecified atom stereocenters. The minimum absolute atomic E-state index is 0.149. The van der Waals surface area contributed by atoms with E-state index in [0.717, 1.165) is 42.0 Å². The Bertz CT molecular complexity index is 1110. The second-order valence-electron chi connectivity index (χ2n) is 10.2. The summed E-state index contributed by atoms with van der Waals surface area (Å²) in [5, 5.41) is 14.3. The molecular weight excluding hydrogens is 519 g/mol. The van der Waals surface area contributed by atoms with Gasteiger partial charge in [0.1, 0.15) is 0 Å². The van der Waals surface area contributed by atoms with Crippen molar-refractivity contribution in [3.05, 3.63) is 64.7 Å². The van der Waals surface area contributed by atoms with Crippen molar-refractivity contribution in [2.24, 2.45) is 5.92 Å². The monoisotopic (exact) mass is 553 g/mol. The van der Waals surface area contributed by atoms with Crippen LogP contribution in [0.2, 0.25) is 5.02 Å². The summed E-state index contributed by atoms with van der Waals surface area (Å²) in [6, 6.07) is 11.9. The normalized spacial score (nSPS) is 17.0. The van der Waals surface area contributed by atoms with Gasteiger partial charge in [-0.05, 0) is 50.3 Å². The SMILES string of the molecule is C[C@H](CCCC1CCN(C(=O)C(O)(c2ccccc2)C(F)(F)F)CC1)Nc1ccc(C(=O)N(C)C)c(Cl)c1. The third-order valence-corrected chi connectivity index (χ3v) is 7.39. The Kier molecular flexibility index (Phi) is 9.70. The van der Waals surface area contributed by atoms with Gasteiger partial charge < -0.3 is 20.2 Å². The Morgan fingerprint density at radius 3 is 2.32 bits per heavy atom. The Labute approximate surface area is 226 Å². The van der Waals surface area contributed by atoms with Crippen molar-refractivity contribution in [3.8, 4) is 0 Å². The number of nitrogens with zero attached hydrogens (tertiary/aromatic N) is 2. The number of amides is 2. The molecule has 0 aliphatic carbocycles.